The third-order valence-corrected chi connectivity index (χ3v) is 4.67. The van der Waals surface area contributed by atoms with Crippen molar-refractivity contribution in [3.63, 3.8) is 0 Å². The molecule has 28 heavy (non-hydrogen) atoms. The smallest absolute Gasteiger partial charge is 0.355 e. The van der Waals surface area contributed by atoms with Crippen LogP contribution >= 0.6 is 0 Å². The lowest BCUT2D eigenvalue weighted by molar-refractivity contribution is 0.0519. The number of aromatic amines is 1. The molecule has 0 bridgehead atoms. The van der Waals surface area contributed by atoms with Crippen LogP contribution in [0.1, 0.15) is 44.6 Å². The minimum atomic E-state index is -0.438. The Hall–Kier alpha value is -2.80. The summed E-state index contributed by atoms with van der Waals surface area (Å²) in [5.74, 6) is 1.01. The van der Waals surface area contributed by atoms with Crippen LogP contribution in [0.15, 0.2) is 18.2 Å². The summed E-state index contributed by atoms with van der Waals surface area (Å²) < 4.78 is 16.2. The van der Waals surface area contributed by atoms with Crippen molar-refractivity contribution in [2.75, 3.05) is 33.4 Å². The highest BCUT2D eigenvalue weighted by Crippen LogP contribution is 2.31. The molecule has 1 N–H and O–H groups in total. The zero-order chi connectivity index (χ0) is 20.3. The SMILES string of the molecule is CCOC(=O)c1[nH]c(C)c(C(=O)CN(C)Cc2ccc3c(c2)OCCO3)c1C. The molecular weight excluding hydrogens is 360 g/mol. The number of aromatic nitrogens is 1. The Morgan fingerprint density at radius 3 is 2.61 bits per heavy atom. The number of hydrogen-bond acceptors (Lipinski definition) is 6. The lowest BCUT2D eigenvalue weighted by Crippen LogP contribution is -2.26. The molecule has 1 aliphatic heterocycles. The number of ketones is 1. The highest BCUT2D eigenvalue weighted by atomic mass is 16.6. The fraction of sp³-hybridized carbons (Fsp3) is 0.429. The first-order valence-corrected chi connectivity index (χ1v) is 9.37. The van der Waals surface area contributed by atoms with E-state index in [1.807, 2.05) is 30.1 Å². The minimum Gasteiger partial charge on any atom is -0.486 e. The molecule has 0 saturated heterocycles. The number of carbonyl (C=O) groups is 2. The molecule has 0 spiro atoms. The van der Waals surface area contributed by atoms with Crippen molar-refractivity contribution in [2.24, 2.45) is 0 Å². The second kappa shape index (κ2) is 8.48. The number of H-pyrrole nitrogens is 1. The van der Waals surface area contributed by atoms with E-state index in [1.165, 1.54) is 0 Å². The summed E-state index contributed by atoms with van der Waals surface area (Å²) >= 11 is 0. The van der Waals surface area contributed by atoms with Gasteiger partial charge in [0, 0.05) is 17.8 Å². The van der Waals surface area contributed by atoms with E-state index in [2.05, 4.69) is 4.98 Å². The van der Waals surface area contributed by atoms with E-state index >= 15 is 0 Å². The fourth-order valence-corrected chi connectivity index (χ4v) is 3.45. The standard InChI is InChI=1S/C21H26N2O5/c1-5-26-21(25)20-13(2)19(14(3)22-20)16(24)12-23(4)11-15-6-7-17-18(10-15)28-9-8-27-17/h6-7,10,22H,5,8-9,11-12H2,1-4H3. The second-order valence-electron chi connectivity index (χ2n) is 6.92. The largest absolute Gasteiger partial charge is 0.486 e. The highest BCUT2D eigenvalue weighted by molar-refractivity contribution is 6.03. The van der Waals surface area contributed by atoms with Crippen molar-refractivity contribution in [3.8, 4) is 11.5 Å². The molecule has 1 aromatic carbocycles. The van der Waals surface area contributed by atoms with E-state index in [-0.39, 0.29) is 18.9 Å². The first kappa shape index (κ1) is 19.9. The number of hydrogen-bond donors (Lipinski definition) is 1. The summed E-state index contributed by atoms with van der Waals surface area (Å²) in [6.07, 6.45) is 0. The van der Waals surface area contributed by atoms with Crippen LogP contribution in [0.3, 0.4) is 0 Å². The summed E-state index contributed by atoms with van der Waals surface area (Å²) in [5.41, 5.74) is 3.25. The van der Waals surface area contributed by atoms with Gasteiger partial charge >= 0.3 is 5.97 Å². The number of nitrogens with zero attached hydrogens (tertiary/aromatic N) is 1. The molecule has 3 rings (SSSR count). The van der Waals surface area contributed by atoms with Gasteiger partial charge < -0.3 is 19.2 Å². The van der Waals surface area contributed by atoms with Crippen molar-refractivity contribution in [1.82, 2.24) is 9.88 Å². The number of likely N-dealkylation sites (N-methyl/N-ethyl adjacent to an activating group) is 1. The van der Waals surface area contributed by atoms with E-state index in [9.17, 15) is 9.59 Å². The van der Waals surface area contributed by atoms with E-state index in [1.54, 1.807) is 20.8 Å². The monoisotopic (exact) mass is 386 g/mol. The van der Waals surface area contributed by atoms with Gasteiger partial charge in [0.15, 0.2) is 17.3 Å². The average Bonchev–Trinajstić information content (AvgIpc) is 2.96. The van der Waals surface area contributed by atoms with Crippen LogP contribution in [0.25, 0.3) is 0 Å². The number of fused-ring (bicyclic) bond motifs is 1. The Labute approximate surface area is 164 Å². The number of rotatable bonds is 7. The van der Waals surface area contributed by atoms with Gasteiger partial charge in [0.2, 0.25) is 0 Å². The molecule has 0 saturated carbocycles. The van der Waals surface area contributed by atoms with E-state index in [0.717, 1.165) is 17.1 Å². The zero-order valence-corrected chi connectivity index (χ0v) is 16.8. The van der Waals surface area contributed by atoms with Crippen LogP contribution in [0.4, 0.5) is 0 Å². The van der Waals surface area contributed by atoms with E-state index in [0.29, 0.717) is 42.3 Å². The fourth-order valence-electron chi connectivity index (χ4n) is 3.45. The maximum atomic E-state index is 12.9. The van der Waals surface area contributed by atoms with Gasteiger partial charge in [-0.1, -0.05) is 6.07 Å². The number of Topliss-reactive ketones (excluding diaryl/α,β-unsaturated/α-hetero) is 1. The molecule has 150 valence electrons. The number of carbonyl (C=O) groups excluding carboxylic acids is 2. The summed E-state index contributed by atoms with van der Waals surface area (Å²) in [6, 6.07) is 5.81. The molecule has 7 heteroatoms. The Balaban J connectivity index is 1.68. The van der Waals surface area contributed by atoms with Gasteiger partial charge in [-0.15, -0.1) is 0 Å². The summed E-state index contributed by atoms with van der Waals surface area (Å²) in [4.78, 5) is 29.8. The van der Waals surface area contributed by atoms with Crippen LogP contribution in [-0.2, 0) is 11.3 Å². The number of benzene rings is 1. The van der Waals surface area contributed by atoms with Crippen molar-refractivity contribution in [3.05, 3.63) is 46.3 Å². The Bertz CT molecular complexity index is 887. The molecule has 7 nitrogen and oxygen atoms in total. The molecule has 2 heterocycles. The van der Waals surface area contributed by atoms with Crippen LogP contribution in [0, 0.1) is 13.8 Å². The lowest BCUT2D eigenvalue weighted by atomic mass is 10.0. The van der Waals surface area contributed by atoms with Gasteiger partial charge in [-0.05, 0) is 51.1 Å². The van der Waals surface area contributed by atoms with Crippen LogP contribution in [-0.4, -0.2) is 55.0 Å². The quantitative estimate of drug-likeness (QED) is 0.582. The summed E-state index contributed by atoms with van der Waals surface area (Å²) in [7, 11) is 1.89. The second-order valence-corrected chi connectivity index (χ2v) is 6.92. The lowest BCUT2D eigenvalue weighted by Gasteiger charge is -2.21. The van der Waals surface area contributed by atoms with Crippen molar-refractivity contribution >= 4 is 11.8 Å². The van der Waals surface area contributed by atoms with Gasteiger partial charge in [-0.25, -0.2) is 4.79 Å². The van der Waals surface area contributed by atoms with Crippen LogP contribution in [0.5, 0.6) is 11.5 Å². The number of nitrogens with one attached hydrogen (secondary N) is 1. The molecule has 0 radical (unpaired) electrons. The van der Waals surface area contributed by atoms with Gasteiger partial charge in [0.1, 0.15) is 18.9 Å². The van der Waals surface area contributed by atoms with Crippen LogP contribution in [0.2, 0.25) is 0 Å². The number of aryl methyl sites for hydroxylation is 1. The van der Waals surface area contributed by atoms with Crippen molar-refractivity contribution < 1.29 is 23.8 Å². The minimum absolute atomic E-state index is 0.0400. The number of esters is 1. The maximum Gasteiger partial charge on any atom is 0.355 e. The molecule has 1 aromatic heterocycles. The van der Waals surface area contributed by atoms with Crippen LogP contribution < -0.4 is 9.47 Å². The molecule has 0 fully saturated rings. The van der Waals surface area contributed by atoms with Crippen molar-refractivity contribution in [2.45, 2.75) is 27.3 Å². The normalized spacial score (nSPS) is 12.9. The molecular formula is C21H26N2O5. The average molecular weight is 386 g/mol. The molecule has 2 aromatic rings. The molecule has 0 atom stereocenters. The van der Waals surface area contributed by atoms with E-state index < -0.39 is 5.97 Å². The van der Waals surface area contributed by atoms with Gasteiger partial charge in [0.05, 0.1) is 13.2 Å². The third-order valence-electron chi connectivity index (χ3n) is 4.67. The number of ether oxygens (including phenoxy) is 3. The predicted molar refractivity (Wildman–Crippen MR) is 104 cm³/mol. The van der Waals surface area contributed by atoms with Gasteiger partial charge in [-0.2, -0.15) is 0 Å². The maximum absolute atomic E-state index is 12.9. The first-order valence-electron chi connectivity index (χ1n) is 9.37. The van der Waals surface area contributed by atoms with Gasteiger partial charge in [0.25, 0.3) is 0 Å². The molecule has 0 unspecified atom stereocenters. The molecule has 0 amide bonds. The highest BCUT2D eigenvalue weighted by Gasteiger charge is 2.23. The first-order chi connectivity index (χ1) is 13.4. The van der Waals surface area contributed by atoms with Crippen molar-refractivity contribution in [1.29, 1.82) is 0 Å². The van der Waals surface area contributed by atoms with Gasteiger partial charge in [-0.3, -0.25) is 9.69 Å². The third kappa shape index (κ3) is 4.20. The summed E-state index contributed by atoms with van der Waals surface area (Å²) in [6.45, 7) is 7.53. The Morgan fingerprint density at radius 1 is 1.18 bits per heavy atom. The summed E-state index contributed by atoms with van der Waals surface area (Å²) in [5, 5.41) is 0. The van der Waals surface area contributed by atoms with E-state index in [4.69, 9.17) is 14.2 Å². The Morgan fingerprint density at radius 2 is 1.89 bits per heavy atom. The predicted octanol–water partition coefficient (Wildman–Crippen LogP) is 2.89. The molecule has 1 aliphatic rings. The molecule has 0 aliphatic carbocycles. The zero-order valence-electron chi connectivity index (χ0n) is 16.8. The Kier molecular flexibility index (Phi) is 6.04. The topological polar surface area (TPSA) is 80.9 Å².